The Morgan fingerprint density at radius 1 is 0.844 bits per heavy atom. The summed E-state index contributed by atoms with van der Waals surface area (Å²) in [5.74, 6) is -0.498. The standard InChI is InChI=1S/C24H24N4O4/c29-22(10-5-13-26-24(31)32-17-18-6-2-1-3-7-18)27-21-9-4-8-19(16-21)23(30)28-20-11-14-25-15-12-20/h1-4,6-9,11-12,14-16H,5,10,13,17H2,(H,26,31)(H,27,29)(H,25,28,30). The van der Waals surface area contributed by atoms with Gasteiger partial charge in [-0.25, -0.2) is 4.79 Å². The molecule has 0 bridgehead atoms. The Labute approximate surface area is 186 Å². The maximum Gasteiger partial charge on any atom is 0.407 e. The van der Waals surface area contributed by atoms with Gasteiger partial charge in [0.05, 0.1) is 0 Å². The Hall–Kier alpha value is -4.20. The number of anilines is 2. The lowest BCUT2D eigenvalue weighted by Crippen LogP contribution is -2.26. The van der Waals surface area contributed by atoms with Crippen LogP contribution in [0.1, 0.15) is 28.8 Å². The second-order valence-corrected chi connectivity index (χ2v) is 6.91. The van der Waals surface area contributed by atoms with Crippen molar-refractivity contribution in [3.63, 3.8) is 0 Å². The van der Waals surface area contributed by atoms with Gasteiger partial charge in [0.2, 0.25) is 5.91 Å². The van der Waals surface area contributed by atoms with E-state index in [9.17, 15) is 14.4 Å². The maximum absolute atomic E-state index is 12.4. The molecule has 0 aliphatic heterocycles. The highest BCUT2D eigenvalue weighted by Crippen LogP contribution is 2.13. The van der Waals surface area contributed by atoms with Crippen molar-refractivity contribution in [1.29, 1.82) is 0 Å². The van der Waals surface area contributed by atoms with Crippen LogP contribution >= 0.6 is 0 Å². The predicted molar refractivity (Wildman–Crippen MR) is 121 cm³/mol. The van der Waals surface area contributed by atoms with Crippen LogP contribution in [0.4, 0.5) is 16.2 Å². The van der Waals surface area contributed by atoms with Crippen molar-refractivity contribution in [3.05, 3.63) is 90.3 Å². The molecule has 0 atom stereocenters. The average molecular weight is 432 g/mol. The molecule has 1 heterocycles. The van der Waals surface area contributed by atoms with Gasteiger partial charge >= 0.3 is 6.09 Å². The summed E-state index contributed by atoms with van der Waals surface area (Å²) in [5, 5.41) is 8.15. The summed E-state index contributed by atoms with van der Waals surface area (Å²) in [5.41, 5.74) is 2.47. The molecule has 0 saturated carbocycles. The topological polar surface area (TPSA) is 109 Å². The summed E-state index contributed by atoms with van der Waals surface area (Å²) in [6.07, 6.45) is 3.32. The van der Waals surface area contributed by atoms with Crippen LogP contribution in [-0.4, -0.2) is 29.4 Å². The molecular weight excluding hydrogens is 408 g/mol. The monoisotopic (exact) mass is 432 g/mol. The molecule has 3 amide bonds. The highest BCUT2D eigenvalue weighted by atomic mass is 16.5. The molecule has 8 heteroatoms. The minimum atomic E-state index is -0.526. The summed E-state index contributed by atoms with van der Waals surface area (Å²) in [4.78, 5) is 40.2. The summed E-state index contributed by atoms with van der Waals surface area (Å²) in [6, 6.07) is 19.4. The molecule has 0 aliphatic rings. The quantitative estimate of drug-likeness (QED) is 0.443. The van der Waals surface area contributed by atoms with Crippen molar-refractivity contribution in [2.75, 3.05) is 17.2 Å². The van der Waals surface area contributed by atoms with Gasteiger partial charge < -0.3 is 20.7 Å². The van der Waals surface area contributed by atoms with E-state index in [0.717, 1.165) is 5.56 Å². The lowest BCUT2D eigenvalue weighted by Gasteiger charge is -2.09. The van der Waals surface area contributed by atoms with Gasteiger partial charge in [0.25, 0.3) is 5.91 Å². The zero-order chi connectivity index (χ0) is 22.6. The summed E-state index contributed by atoms with van der Waals surface area (Å²) in [7, 11) is 0. The van der Waals surface area contributed by atoms with Crippen molar-refractivity contribution < 1.29 is 19.1 Å². The fourth-order valence-corrected chi connectivity index (χ4v) is 2.81. The third kappa shape index (κ3) is 7.56. The van der Waals surface area contributed by atoms with Crippen LogP contribution in [0.15, 0.2) is 79.1 Å². The molecule has 0 unspecified atom stereocenters. The van der Waals surface area contributed by atoms with Crippen LogP contribution in [0.2, 0.25) is 0 Å². The van der Waals surface area contributed by atoms with Crippen LogP contribution in [0, 0.1) is 0 Å². The first-order valence-corrected chi connectivity index (χ1v) is 10.2. The van der Waals surface area contributed by atoms with E-state index in [0.29, 0.717) is 29.9 Å². The first kappa shape index (κ1) is 22.5. The summed E-state index contributed by atoms with van der Waals surface area (Å²) in [6.45, 7) is 0.508. The van der Waals surface area contributed by atoms with Gasteiger partial charge in [0, 0.05) is 42.3 Å². The highest BCUT2D eigenvalue weighted by Gasteiger charge is 2.09. The Kier molecular flexibility index (Phi) is 8.33. The Morgan fingerprint density at radius 3 is 2.41 bits per heavy atom. The van der Waals surface area contributed by atoms with Gasteiger partial charge in [-0.1, -0.05) is 36.4 Å². The van der Waals surface area contributed by atoms with Crippen LogP contribution < -0.4 is 16.0 Å². The third-order valence-corrected chi connectivity index (χ3v) is 4.41. The Bertz CT molecular complexity index is 1040. The normalized spacial score (nSPS) is 10.1. The lowest BCUT2D eigenvalue weighted by atomic mass is 10.1. The molecule has 1 aromatic heterocycles. The van der Waals surface area contributed by atoms with Crippen molar-refractivity contribution in [2.45, 2.75) is 19.4 Å². The van der Waals surface area contributed by atoms with E-state index in [1.807, 2.05) is 30.3 Å². The van der Waals surface area contributed by atoms with E-state index in [1.54, 1.807) is 48.8 Å². The predicted octanol–water partition coefficient (Wildman–Crippen LogP) is 3.98. The fraction of sp³-hybridized carbons (Fsp3) is 0.167. The molecule has 3 rings (SSSR count). The molecule has 0 aliphatic carbocycles. The van der Waals surface area contributed by atoms with Gasteiger partial charge in [-0.15, -0.1) is 0 Å². The molecule has 0 saturated heterocycles. The van der Waals surface area contributed by atoms with Gasteiger partial charge in [-0.3, -0.25) is 14.6 Å². The molecule has 3 N–H and O–H groups in total. The van der Waals surface area contributed by atoms with Crippen LogP contribution in [0.5, 0.6) is 0 Å². The number of nitrogens with one attached hydrogen (secondary N) is 3. The second kappa shape index (κ2) is 11.8. The van der Waals surface area contributed by atoms with E-state index in [2.05, 4.69) is 20.9 Å². The fourth-order valence-electron chi connectivity index (χ4n) is 2.81. The molecule has 32 heavy (non-hydrogen) atoms. The number of hydrogen-bond acceptors (Lipinski definition) is 5. The lowest BCUT2D eigenvalue weighted by molar-refractivity contribution is -0.116. The summed E-state index contributed by atoms with van der Waals surface area (Å²) < 4.78 is 5.12. The van der Waals surface area contributed by atoms with E-state index in [4.69, 9.17) is 4.74 Å². The Morgan fingerprint density at radius 2 is 1.62 bits per heavy atom. The van der Waals surface area contributed by atoms with Gasteiger partial charge in [0.1, 0.15) is 6.61 Å². The minimum absolute atomic E-state index is 0.193. The number of amides is 3. The zero-order valence-corrected chi connectivity index (χ0v) is 17.4. The van der Waals surface area contributed by atoms with Crippen LogP contribution in [-0.2, 0) is 16.1 Å². The van der Waals surface area contributed by atoms with Crippen molar-refractivity contribution >= 4 is 29.3 Å². The van der Waals surface area contributed by atoms with E-state index in [1.165, 1.54) is 0 Å². The number of carbonyl (C=O) groups excluding carboxylic acids is 3. The van der Waals surface area contributed by atoms with Gasteiger partial charge in [-0.2, -0.15) is 0 Å². The number of pyridine rings is 1. The number of alkyl carbamates (subject to hydrolysis) is 1. The maximum atomic E-state index is 12.4. The minimum Gasteiger partial charge on any atom is -0.445 e. The smallest absolute Gasteiger partial charge is 0.407 e. The second-order valence-electron chi connectivity index (χ2n) is 6.91. The molecule has 2 aromatic carbocycles. The molecule has 0 radical (unpaired) electrons. The van der Waals surface area contributed by atoms with Crippen molar-refractivity contribution in [2.24, 2.45) is 0 Å². The SMILES string of the molecule is O=C(CCCNC(=O)OCc1ccccc1)Nc1cccc(C(=O)Nc2ccncc2)c1. The molecule has 8 nitrogen and oxygen atoms in total. The molecular formula is C24H24N4O4. The van der Waals surface area contributed by atoms with E-state index in [-0.39, 0.29) is 24.8 Å². The van der Waals surface area contributed by atoms with E-state index >= 15 is 0 Å². The largest absolute Gasteiger partial charge is 0.445 e. The number of benzene rings is 2. The first-order valence-electron chi connectivity index (χ1n) is 10.2. The van der Waals surface area contributed by atoms with Crippen LogP contribution in [0.3, 0.4) is 0 Å². The number of nitrogens with zero attached hydrogens (tertiary/aromatic N) is 1. The third-order valence-electron chi connectivity index (χ3n) is 4.41. The number of aromatic nitrogens is 1. The molecule has 0 fully saturated rings. The van der Waals surface area contributed by atoms with Gasteiger partial charge in [-0.05, 0) is 42.3 Å². The van der Waals surface area contributed by atoms with Crippen molar-refractivity contribution in [3.8, 4) is 0 Å². The van der Waals surface area contributed by atoms with Crippen molar-refractivity contribution in [1.82, 2.24) is 10.3 Å². The highest BCUT2D eigenvalue weighted by molar-refractivity contribution is 6.05. The van der Waals surface area contributed by atoms with E-state index < -0.39 is 6.09 Å². The van der Waals surface area contributed by atoms with Crippen LogP contribution in [0.25, 0.3) is 0 Å². The molecule has 3 aromatic rings. The zero-order valence-electron chi connectivity index (χ0n) is 17.4. The number of rotatable bonds is 9. The average Bonchev–Trinajstić information content (AvgIpc) is 2.82. The Balaban J connectivity index is 1.37. The summed E-state index contributed by atoms with van der Waals surface area (Å²) >= 11 is 0. The number of carbonyl (C=O) groups is 3. The number of ether oxygens (including phenoxy) is 1. The van der Waals surface area contributed by atoms with Gasteiger partial charge in [0.15, 0.2) is 0 Å². The first-order chi connectivity index (χ1) is 15.6. The molecule has 164 valence electrons. The molecule has 0 spiro atoms. The number of hydrogen-bond donors (Lipinski definition) is 3.